The van der Waals surface area contributed by atoms with E-state index in [-0.39, 0.29) is 11.9 Å². The SMILES string of the molecule is O=C(NCCCC(=O)N1CCN(Cc2cccc3cccnc23)CC1)NC1CCCCC1. The van der Waals surface area contributed by atoms with Crippen LogP contribution in [0.4, 0.5) is 4.79 Å². The lowest BCUT2D eigenvalue weighted by Crippen LogP contribution is -2.48. The average Bonchev–Trinajstić information content (AvgIpc) is 2.83. The molecule has 7 nitrogen and oxygen atoms in total. The Balaban J connectivity index is 1.13. The van der Waals surface area contributed by atoms with Gasteiger partial charge in [-0.3, -0.25) is 14.7 Å². The summed E-state index contributed by atoms with van der Waals surface area (Å²) in [4.78, 5) is 33.5. The molecule has 2 N–H and O–H groups in total. The molecule has 2 aromatic rings. The predicted octanol–water partition coefficient (Wildman–Crippen LogP) is 3.29. The predicted molar refractivity (Wildman–Crippen MR) is 126 cm³/mol. The zero-order valence-corrected chi connectivity index (χ0v) is 18.9. The van der Waals surface area contributed by atoms with Crippen molar-refractivity contribution < 1.29 is 9.59 Å². The van der Waals surface area contributed by atoms with Gasteiger partial charge >= 0.3 is 6.03 Å². The highest BCUT2D eigenvalue weighted by Crippen LogP contribution is 2.19. The summed E-state index contributed by atoms with van der Waals surface area (Å²) in [7, 11) is 0. The molecule has 2 fully saturated rings. The standard InChI is InChI=1S/C25H35N5O2/c31-23(12-6-14-27-25(32)28-22-10-2-1-3-11-22)30-17-15-29(16-18-30)19-21-8-4-7-20-9-5-13-26-24(20)21/h4-5,7-9,13,22H,1-3,6,10-12,14-19H2,(H2,27,28,32). The first-order valence-electron chi connectivity index (χ1n) is 12.1. The summed E-state index contributed by atoms with van der Waals surface area (Å²) in [6.45, 7) is 4.65. The van der Waals surface area contributed by atoms with E-state index in [1.807, 2.05) is 17.2 Å². The average molecular weight is 438 g/mol. The van der Waals surface area contributed by atoms with Gasteiger partial charge in [-0.15, -0.1) is 0 Å². The van der Waals surface area contributed by atoms with Crippen molar-refractivity contribution in [3.63, 3.8) is 0 Å². The van der Waals surface area contributed by atoms with Crippen LogP contribution < -0.4 is 10.6 Å². The van der Waals surface area contributed by atoms with Crippen LogP contribution in [0.15, 0.2) is 36.5 Å². The third-order valence-corrected chi connectivity index (χ3v) is 6.63. The molecule has 1 aliphatic heterocycles. The number of hydrogen-bond acceptors (Lipinski definition) is 4. The number of nitrogens with zero attached hydrogens (tertiary/aromatic N) is 3. The highest BCUT2D eigenvalue weighted by atomic mass is 16.2. The van der Waals surface area contributed by atoms with Crippen molar-refractivity contribution >= 4 is 22.8 Å². The quantitative estimate of drug-likeness (QED) is 0.652. The molecule has 0 atom stereocenters. The number of nitrogens with one attached hydrogen (secondary N) is 2. The van der Waals surface area contributed by atoms with E-state index in [1.54, 1.807) is 0 Å². The molecule has 1 aromatic carbocycles. The Morgan fingerprint density at radius 1 is 1.00 bits per heavy atom. The second-order valence-corrected chi connectivity index (χ2v) is 8.99. The van der Waals surface area contributed by atoms with Gasteiger partial charge in [-0.1, -0.05) is 43.5 Å². The number of benzene rings is 1. The number of carbonyl (C=O) groups excluding carboxylic acids is 2. The minimum Gasteiger partial charge on any atom is -0.340 e. The van der Waals surface area contributed by atoms with Crippen molar-refractivity contribution in [1.29, 1.82) is 0 Å². The van der Waals surface area contributed by atoms with Gasteiger partial charge in [-0.05, 0) is 30.9 Å². The topological polar surface area (TPSA) is 77.6 Å². The summed E-state index contributed by atoms with van der Waals surface area (Å²) in [6, 6.07) is 10.6. The normalized spacial score (nSPS) is 17.9. The maximum atomic E-state index is 12.6. The number of piperazine rings is 1. The van der Waals surface area contributed by atoms with Crippen LogP contribution in [0, 0.1) is 0 Å². The first-order chi connectivity index (χ1) is 15.7. The molecule has 1 aromatic heterocycles. The molecule has 0 spiro atoms. The lowest BCUT2D eigenvalue weighted by molar-refractivity contribution is -0.133. The Hall–Kier alpha value is -2.67. The van der Waals surface area contributed by atoms with Gasteiger partial charge in [0.05, 0.1) is 5.52 Å². The first kappa shape index (κ1) is 22.5. The molecule has 0 radical (unpaired) electrons. The van der Waals surface area contributed by atoms with E-state index in [4.69, 9.17) is 0 Å². The van der Waals surface area contributed by atoms with Crippen molar-refractivity contribution in [2.45, 2.75) is 57.5 Å². The van der Waals surface area contributed by atoms with Crippen molar-refractivity contribution in [3.8, 4) is 0 Å². The minimum atomic E-state index is -0.0964. The van der Waals surface area contributed by atoms with Crippen LogP contribution in [0.2, 0.25) is 0 Å². The van der Waals surface area contributed by atoms with E-state index in [1.165, 1.54) is 30.2 Å². The number of pyridine rings is 1. The summed E-state index contributed by atoms with van der Waals surface area (Å²) >= 11 is 0. The molecule has 1 saturated carbocycles. The Kier molecular flexibility index (Phi) is 7.93. The number of carbonyl (C=O) groups is 2. The Morgan fingerprint density at radius 3 is 2.59 bits per heavy atom. The molecule has 1 saturated heterocycles. The van der Waals surface area contributed by atoms with E-state index >= 15 is 0 Å². The van der Waals surface area contributed by atoms with E-state index < -0.39 is 0 Å². The molecule has 32 heavy (non-hydrogen) atoms. The van der Waals surface area contributed by atoms with Crippen molar-refractivity contribution in [2.24, 2.45) is 0 Å². The molecule has 2 heterocycles. The fourth-order valence-corrected chi connectivity index (χ4v) is 4.77. The molecular formula is C25H35N5O2. The number of aromatic nitrogens is 1. The van der Waals surface area contributed by atoms with Crippen LogP contribution in [-0.2, 0) is 11.3 Å². The van der Waals surface area contributed by atoms with Crippen LogP contribution in [0.5, 0.6) is 0 Å². The van der Waals surface area contributed by atoms with Gasteiger partial charge in [0.2, 0.25) is 5.91 Å². The summed E-state index contributed by atoms with van der Waals surface area (Å²) in [5, 5.41) is 7.12. The van der Waals surface area contributed by atoms with Gasteiger partial charge in [0.25, 0.3) is 0 Å². The fourth-order valence-electron chi connectivity index (χ4n) is 4.77. The molecule has 0 unspecified atom stereocenters. The number of urea groups is 1. The molecule has 7 heteroatoms. The maximum absolute atomic E-state index is 12.6. The number of hydrogen-bond donors (Lipinski definition) is 2. The van der Waals surface area contributed by atoms with Crippen LogP contribution in [0.1, 0.15) is 50.5 Å². The smallest absolute Gasteiger partial charge is 0.315 e. The minimum absolute atomic E-state index is 0.0964. The number of para-hydroxylation sites is 1. The van der Waals surface area contributed by atoms with Crippen LogP contribution in [0.3, 0.4) is 0 Å². The molecular weight excluding hydrogens is 402 g/mol. The van der Waals surface area contributed by atoms with Gasteiger partial charge in [-0.25, -0.2) is 4.79 Å². The maximum Gasteiger partial charge on any atom is 0.315 e. The highest BCUT2D eigenvalue weighted by molar-refractivity contribution is 5.81. The number of rotatable bonds is 7. The van der Waals surface area contributed by atoms with E-state index in [9.17, 15) is 9.59 Å². The van der Waals surface area contributed by atoms with Crippen molar-refractivity contribution in [1.82, 2.24) is 25.4 Å². The Bertz CT molecular complexity index is 899. The number of fused-ring (bicyclic) bond motifs is 1. The second kappa shape index (κ2) is 11.3. The molecule has 2 aliphatic rings. The van der Waals surface area contributed by atoms with Gasteiger partial charge in [-0.2, -0.15) is 0 Å². The third-order valence-electron chi connectivity index (χ3n) is 6.63. The van der Waals surface area contributed by atoms with Gasteiger partial charge < -0.3 is 15.5 Å². The van der Waals surface area contributed by atoms with Crippen LogP contribution in [0.25, 0.3) is 10.9 Å². The lowest BCUT2D eigenvalue weighted by atomic mass is 9.96. The van der Waals surface area contributed by atoms with Gasteiger partial charge in [0.1, 0.15) is 0 Å². The molecule has 1 aliphatic carbocycles. The van der Waals surface area contributed by atoms with Crippen molar-refractivity contribution in [2.75, 3.05) is 32.7 Å². The molecule has 3 amide bonds. The summed E-state index contributed by atoms with van der Waals surface area (Å²) in [5.74, 6) is 0.186. The van der Waals surface area contributed by atoms with Crippen LogP contribution >= 0.6 is 0 Å². The largest absolute Gasteiger partial charge is 0.340 e. The van der Waals surface area contributed by atoms with E-state index in [0.29, 0.717) is 25.4 Å². The third kappa shape index (κ3) is 6.19. The highest BCUT2D eigenvalue weighted by Gasteiger charge is 2.21. The monoisotopic (exact) mass is 437 g/mol. The fraction of sp³-hybridized carbons (Fsp3) is 0.560. The second-order valence-electron chi connectivity index (χ2n) is 8.99. The molecule has 172 valence electrons. The molecule has 0 bridgehead atoms. The lowest BCUT2D eigenvalue weighted by Gasteiger charge is -2.35. The van der Waals surface area contributed by atoms with E-state index in [0.717, 1.165) is 51.1 Å². The Labute approximate surface area is 190 Å². The zero-order valence-electron chi connectivity index (χ0n) is 18.9. The van der Waals surface area contributed by atoms with Crippen molar-refractivity contribution in [3.05, 3.63) is 42.1 Å². The zero-order chi connectivity index (χ0) is 22.2. The number of amides is 3. The summed E-state index contributed by atoms with van der Waals surface area (Å²) < 4.78 is 0. The molecule has 4 rings (SSSR count). The summed E-state index contributed by atoms with van der Waals surface area (Å²) in [6.07, 6.45) is 8.84. The van der Waals surface area contributed by atoms with Gasteiger partial charge in [0, 0.05) is 63.3 Å². The first-order valence-corrected chi connectivity index (χ1v) is 12.1. The van der Waals surface area contributed by atoms with E-state index in [2.05, 4.69) is 44.8 Å². The van der Waals surface area contributed by atoms with Gasteiger partial charge in [0.15, 0.2) is 0 Å². The van der Waals surface area contributed by atoms with Crippen LogP contribution in [-0.4, -0.2) is 65.5 Å². The summed E-state index contributed by atoms with van der Waals surface area (Å²) in [5.41, 5.74) is 2.30. The Morgan fingerprint density at radius 2 is 1.78 bits per heavy atom.